The number of alkyl halides is 3. The average Bonchev–Trinajstić information content (AvgIpc) is 2.75. The van der Waals surface area contributed by atoms with Gasteiger partial charge in [0.05, 0.1) is 19.1 Å². The number of ether oxygens (including phenoxy) is 1. The molecule has 0 saturated carbocycles. The van der Waals surface area contributed by atoms with Gasteiger partial charge in [-0.15, -0.1) is 0 Å². The minimum absolute atomic E-state index is 0.721. The quantitative estimate of drug-likeness (QED) is 0.732. The van der Waals surface area contributed by atoms with E-state index in [1.165, 1.54) is 30.4 Å². The van der Waals surface area contributed by atoms with Crippen molar-refractivity contribution in [3.05, 3.63) is 0 Å². The maximum Gasteiger partial charge on any atom is 0.430 e. The molecule has 0 radical (unpaired) electrons. The predicted octanol–water partition coefficient (Wildman–Crippen LogP) is 1.30. The van der Waals surface area contributed by atoms with Crippen LogP contribution in [0, 0.1) is 0 Å². The first-order valence-corrected chi connectivity index (χ1v) is 6.37. The lowest BCUT2D eigenvalue weighted by atomic mass is 10.3. The number of carboxylic acids is 1. The first-order chi connectivity index (χ1) is 8.65. The van der Waals surface area contributed by atoms with Gasteiger partial charge in [-0.3, -0.25) is 4.48 Å². The van der Waals surface area contributed by atoms with Crippen molar-refractivity contribution in [3.8, 4) is 0 Å². The fourth-order valence-electron chi connectivity index (χ4n) is 2.03. The Hall–Kier alpha value is -0.820. The van der Waals surface area contributed by atoms with Crippen LogP contribution in [0.15, 0.2) is 0 Å². The molecule has 0 aliphatic carbocycles. The molecular weight excluding hydrogens is 263 g/mol. The molecule has 1 aliphatic heterocycles. The summed E-state index contributed by atoms with van der Waals surface area (Å²) >= 11 is 0. The second-order valence-corrected chi connectivity index (χ2v) is 4.87. The zero-order valence-corrected chi connectivity index (χ0v) is 11.6. The number of rotatable bonds is 4. The van der Waals surface area contributed by atoms with Crippen molar-refractivity contribution in [2.45, 2.75) is 45.8 Å². The highest BCUT2D eigenvalue weighted by molar-refractivity contribution is 5.70. The maximum absolute atomic E-state index is 10.5. The molecule has 0 spiro atoms. The number of halogens is 3. The Kier molecular flexibility index (Phi) is 7.36. The van der Waals surface area contributed by atoms with Crippen LogP contribution < -0.4 is 5.11 Å². The highest BCUT2D eigenvalue weighted by Crippen LogP contribution is 2.23. The third-order valence-electron chi connectivity index (χ3n) is 3.34. The molecule has 7 heteroatoms. The van der Waals surface area contributed by atoms with Gasteiger partial charge in [0.15, 0.2) is 6.73 Å². The Morgan fingerprint density at radius 3 is 2.00 bits per heavy atom. The zero-order valence-electron chi connectivity index (χ0n) is 11.6. The monoisotopic (exact) mass is 285 g/mol. The molecule has 1 rings (SSSR count). The van der Waals surface area contributed by atoms with Crippen LogP contribution in [0.25, 0.3) is 0 Å². The highest BCUT2D eigenvalue weighted by atomic mass is 19.4. The van der Waals surface area contributed by atoms with E-state index in [1.807, 2.05) is 0 Å². The van der Waals surface area contributed by atoms with E-state index in [9.17, 15) is 13.2 Å². The van der Waals surface area contributed by atoms with Crippen molar-refractivity contribution in [2.75, 3.05) is 26.4 Å². The highest BCUT2D eigenvalue weighted by Gasteiger charge is 2.34. The van der Waals surface area contributed by atoms with E-state index in [2.05, 4.69) is 20.8 Å². The Morgan fingerprint density at radius 2 is 1.74 bits per heavy atom. The normalized spacial score (nSPS) is 18.1. The van der Waals surface area contributed by atoms with E-state index >= 15 is 0 Å². The molecule has 1 saturated heterocycles. The molecule has 114 valence electrons. The van der Waals surface area contributed by atoms with Gasteiger partial charge in [0.2, 0.25) is 0 Å². The molecule has 1 aliphatic rings. The molecule has 1 fully saturated rings. The second kappa shape index (κ2) is 7.69. The van der Waals surface area contributed by atoms with E-state index in [4.69, 9.17) is 14.6 Å². The van der Waals surface area contributed by atoms with Crippen molar-refractivity contribution in [3.63, 3.8) is 0 Å². The van der Waals surface area contributed by atoms with Crippen molar-refractivity contribution in [2.24, 2.45) is 0 Å². The van der Waals surface area contributed by atoms with Gasteiger partial charge in [0.25, 0.3) is 0 Å². The number of carboxylic acid groups (broad SMARTS) is 1. The zero-order chi connectivity index (χ0) is 15.1. The summed E-state index contributed by atoms with van der Waals surface area (Å²) in [4.78, 5) is 8.78. The summed E-state index contributed by atoms with van der Waals surface area (Å²) in [5, 5.41) is 8.78. The summed E-state index contributed by atoms with van der Waals surface area (Å²) in [6.07, 6.45) is -2.43. The van der Waals surface area contributed by atoms with Crippen LogP contribution in [-0.4, -0.2) is 49.1 Å². The lowest BCUT2D eigenvalue weighted by molar-refractivity contribution is -0.954. The van der Waals surface area contributed by atoms with Crippen molar-refractivity contribution in [1.82, 2.24) is 0 Å². The molecule has 0 N–H and O–H groups in total. The van der Waals surface area contributed by atoms with E-state index in [0.29, 0.717) is 0 Å². The molecule has 4 nitrogen and oxygen atoms in total. The van der Waals surface area contributed by atoms with Gasteiger partial charge >= 0.3 is 6.18 Å². The van der Waals surface area contributed by atoms with Crippen molar-refractivity contribution in [1.29, 1.82) is 0 Å². The number of hydrogen-bond acceptors (Lipinski definition) is 3. The fourth-order valence-corrected chi connectivity index (χ4v) is 2.03. The van der Waals surface area contributed by atoms with Crippen LogP contribution in [0.3, 0.4) is 0 Å². The summed E-state index contributed by atoms with van der Waals surface area (Å²) < 4.78 is 38.3. The fraction of sp³-hybridized carbons (Fsp3) is 0.917. The second-order valence-electron chi connectivity index (χ2n) is 4.87. The molecule has 19 heavy (non-hydrogen) atoms. The Labute approximate surface area is 111 Å². The first-order valence-electron chi connectivity index (χ1n) is 6.37. The topological polar surface area (TPSA) is 49.4 Å². The summed E-state index contributed by atoms with van der Waals surface area (Å²) in [6.45, 7) is 11.1. The number of quaternary nitrogens is 1. The van der Waals surface area contributed by atoms with Crippen LogP contribution in [0.2, 0.25) is 0 Å². The van der Waals surface area contributed by atoms with Gasteiger partial charge in [-0.2, -0.15) is 13.2 Å². The molecule has 0 aromatic carbocycles. The number of hydrogen-bond donors (Lipinski definition) is 0. The maximum atomic E-state index is 10.5. The first kappa shape index (κ1) is 18.2. The van der Waals surface area contributed by atoms with Gasteiger partial charge < -0.3 is 14.6 Å². The number of likely N-dealkylation sites (tertiary alicyclic amines) is 1. The van der Waals surface area contributed by atoms with Crippen LogP contribution in [-0.2, 0) is 9.53 Å². The molecule has 0 bridgehead atoms. The lowest BCUT2D eigenvalue weighted by Gasteiger charge is -2.37. The standard InChI is InChI=1S/C10H22NO.C2HF3O2/c1-4-12-9-11(10(2)3)7-5-6-8-11;3-2(4,5)1(6)7/h10H,4-9H2,1-3H3;(H,6,7)/q+1;/p-1. The summed E-state index contributed by atoms with van der Waals surface area (Å²) in [5.41, 5.74) is 0. The molecule has 0 unspecified atom stereocenters. The van der Waals surface area contributed by atoms with Crippen LogP contribution >= 0.6 is 0 Å². The number of aliphatic carboxylic acids is 1. The number of carbonyl (C=O) groups excluding carboxylic acids is 1. The summed E-state index contributed by atoms with van der Waals surface area (Å²) in [5.74, 6) is -3.01. The van der Waals surface area contributed by atoms with Crippen LogP contribution in [0.4, 0.5) is 13.2 Å². The minimum Gasteiger partial charge on any atom is -0.542 e. The third-order valence-corrected chi connectivity index (χ3v) is 3.34. The van der Waals surface area contributed by atoms with Gasteiger partial charge in [0.1, 0.15) is 5.97 Å². The SMILES string of the molecule is CCOC[N+]1(C(C)C)CCCC1.O=C([O-])C(F)(F)F. The Morgan fingerprint density at radius 1 is 1.32 bits per heavy atom. The average molecular weight is 285 g/mol. The Bertz CT molecular complexity index is 274. The van der Waals surface area contributed by atoms with Crippen LogP contribution in [0.5, 0.6) is 0 Å². The van der Waals surface area contributed by atoms with Gasteiger partial charge in [0, 0.05) is 19.4 Å². The smallest absolute Gasteiger partial charge is 0.430 e. The third kappa shape index (κ3) is 6.24. The predicted molar refractivity (Wildman–Crippen MR) is 61.9 cm³/mol. The van der Waals surface area contributed by atoms with Crippen molar-refractivity contribution < 1.29 is 32.3 Å². The Balaban J connectivity index is 0.000000399. The molecule has 0 aromatic heterocycles. The molecule has 0 amide bonds. The van der Waals surface area contributed by atoms with Gasteiger partial charge in [-0.05, 0) is 20.8 Å². The van der Waals surface area contributed by atoms with E-state index < -0.39 is 12.1 Å². The van der Waals surface area contributed by atoms with Crippen molar-refractivity contribution >= 4 is 5.97 Å². The van der Waals surface area contributed by atoms with E-state index in [0.717, 1.165) is 19.4 Å². The number of nitrogens with zero attached hydrogens (tertiary/aromatic N) is 1. The summed E-state index contributed by atoms with van der Waals surface area (Å²) in [6, 6.07) is 0.721. The molecular formula is C12H22F3NO3. The van der Waals surface area contributed by atoms with Gasteiger partial charge in [-0.25, -0.2) is 0 Å². The summed E-state index contributed by atoms with van der Waals surface area (Å²) in [7, 11) is 0. The van der Waals surface area contributed by atoms with E-state index in [-0.39, 0.29) is 0 Å². The number of carbonyl (C=O) groups is 1. The van der Waals surface area contributed by atoms with E-state index in [1.54, 1.807) is 0 Å². The van der Waals surface area contributed by atoms with Crippen LogP contribution in [0.1, 0.15) is 33.6 Å². The molecule has 0 aromatic rings. The largest absolute Gasteiger partial charge is 0.542 e. The minimum atomic E-state index is -5.19. The lowest BCUT2D eigenvalue weighted by Crippen LogP contribution is -2.52. The molecule has 1 heterocycles. The molecule has 0 atom stereocenters. The van der Waals surface area contributed by atoms with Gasteiger partial charge in [-0.1, -0.05) is 0 Å².